The molecule has 0 saturated carbocycles. The van der Waals surface area contributed by atoms with Crippen LogP contribution in [0, 0.1) is 5.92 Å². The van der Waals surface area contributed by atoms with E-state index >= 15 is 0 Å². The van der Waals surface area contributed by atoms with Gasteiger partial charge in [-0.05, 0) is 17.0 Å². The van der Waals surface area contributed by atoms with Crippen molar-refractivity contribution in [2.45, 2.75) is 12.6 Å². The van der Waals surface area contributed by atoms with E-state index in [1.165, 1.54) is 11.3 Å². The van der Waals surface area contributed by atoms with Crippen LogP contribution < -0.4 is 5.32 Å². The van der Waals surface area contributed by atoms with Crippen molar-refractivity contribution < 1.29 is 9.59 Å². The van der Waals surface area contributed by atoms with Crippen LogP contribution in [0.1, 0.15) is 10.4 Å². The van der Waals surface area contributed by atoms with Gasteiger partial charge < -0.3 is 0 Å². The topological polar surface area (TPSA) is 61.8 Å². The largest absolute Gasteiger partial charge is 0.294 e. The van der Waals surface area contributed by atoms with Crippen molar-refractivity contribution in [3.8, 4) is 0 Å². The fourth-order valence-corrected chi connectivity index (χ4v) is 3.69. The summed E-state index contributed by atoms with van der Waals surface area (Å²) in [5, 5.41) is 10.7. The molecule has 22 heavy (non-hydrogen) atoms. The van der Waals surface area contributed by atoms with Gasteiger partial charge >= 0.3 is 0 Å². The van der Waals surface area contributed by atoms with Crippen LogP contribution in [-0.4, -0.2) is 28.6 Å². The predicted molar refractivity (Wildman–Crippen MR) is 83.3 cm³/mol. The first kappa shape index (κ1) is 13.2. The minimum absolute atomic E-state index is 0.252. The molecule has 2 atom stereocenters. The van der Waals surface area contributed by atoms with Gasteiger partial charge in [0.05, 0.1) is 17.1 Å². The fourth-order valence-electron chi connectivity index (χ4n) is 2.94. The van der Waals surface area contributed by atoms with Crippen LogP contribution in [0.2, 0.25) is 0 Å². The number of amides is 2. The number of imide groups is 1. The van der Waals surface area contributed by atoms with Crippen molar-refractivity contribution in [1.82, 2.24) is 10.3 Å². The zero-order valence-corrected chi connectivity index (χ0v) is 12.4. The lowest BCUT2D eigenvalue weighted by Crippen LogP contribution is -2.37. The van der Waals surface area contributed by atoms with Crippen LogP contribution in [0.15, 0.2) is 52.9 Å². The average molecular weight is 311 g/mol. The second-order valence-corrected chi connectivity index (χ2v) is 6.27. The Labute approximate surface area is 131 Å². The van der Waals surface area contributed by atoms with E-state index in [2.05, 4.69) is 10.4 Å². The first-order valence-corrected chi connectivity index (χ1v) is 7.89. The molecule has 2 aliphatic heterocycles. The number of rotatable bonds is 3. The molecule has 4 rings (SSSR count). The molecule has 2 aliphatic rings. The number of fused-ring (bicyclic) bond motifs is 1. The van der Waals surface area contributed by atoms with E-state index in [-0.39, 0.29) is 11.8 Å². The monoisotopic (exact) mass is 311 g/mol. The summed E-state index contributed by atoms with van der Waals surface area (Å²) >= 11 is 1.53. The molecule has 1 fully saturated rings. The normalized spacial score (nSPS) is 23.5. The lowest BCUT2D eigenvalue weighted by atomic mass is 9.97. The Morgan fingerprint density at radius 1 is 1.09 bits per heavy atom. The van der Waals surface area contributed by atoms with E-state index in [1.807, 2.05) is 47.8 Å². The highest BCUT2D eigenvalue weighted by atomic mass is 32.1. The van der Waals surface area contributed by atoms with Crippen LogP contribution >= 0.6 is 11.3 Å². The fraction of sp³-hybridized carbons (Fsp3) is 0.188. The summed E-state index contributed by atoms with van der Waals surface area (Å²) in [5.74, 6) is -1.02. The zero-order chi connectivity index (χ0) is 15.1. The third kappa shape index (κ3) is 2.03. The number of carbonyl (C=O) groups excluding carboxylic acids is 2. The van der Waals surface area contributed by atoms with Gasteiger partial charge in [0.25, 0.3) is 5.91 Å². The van der Waals surface area contributed by atoms with Gasteiger partial charge in [0.2, 0.25) is 5.91 Å². The van der Waals surface area contributed by atoms with Gasteiger partial charge in [0.1, 0.15) is 12.0 Å². The molecule has 1 aromatic carbocycles. The summed E-state index contributed by atoms with van der Waals surface area (Å²) in [6.45, 7) is 0.511. The molecule has 2 aromatic rings. The molecule has 1 saturated heterocycles. The zero-order valence-electron chi connectivity index (χ0n) is 11.6. The van der Waals surface area contributed by atoms with Crippen molar-refractivity contribution in [1.29, 1.82) is 0 Å². The van der Waals surface area contributed by atoms with Crippen LogP contribution in [0.4, 0.5) is 0 Å². The maximum atomic E-state index is 12.1. The number of nitrogens with zero attached hydrogens (tertiary/aromatic N) is 2. The van der Waals surface area contributed by atoms with Crippen molar-refractivity contribution >= 4 is 28.9 Å². The molecule has 110 valence electrons. The van der Waals surface area contributed by atoms with Gasteiger partial charge in [0, 0.05) is 0 Å². The number of hydrazone groups is 1. The van der Waals surface area contributed by atoms with Gasteiger partial charge in [-0.2, -0.15) is 5.10 Å². The van der Waals surface area contributed by atoms with E-state index < -0.39 is 12.0 Å². The van der Waals surface area contributed by atoms with Gasteiger partial charge in [-0.15, -0.1) is 11.3 Å². The highest BCUT2D eigenvalue weighted by Crippen LogP contribution is 2.32. The Kier molecular flexibility index (Phi) is 3.04. The Morgan fingerprint density at radius 2 is 1.91 bits per heavy atom. The van der Waals surface area contributed by atoms with E-state index in [1.54, 1.807) is 5.01 Å². The number of thiophene rings is 1. The van der Waals surface area contributed by atoms with Crippen molar-refractivity contribution in [3.05, 3.63) is 58.3 Å². The molecule has 0 aliphatic carbocycles. The Hall–Kier alpha value is -2.47. The molecule has 0 radical (unpaired) electrons. The smallest absolute Gasteiger partial charge is 0.252 e. The summed E-state index contributed by atoms with van der Waals surface area (Å²) in [6.07, 6.45) is 0. The Morgan fingerprint density at radius 3 is 2.64 bits per heavy atom. The summed E-state index contributed by atoms with van der Waals surface area (Å²) in [4.78, 5) is 25.2. The Bertz CT molecular complexity index is 755. The summed E-state index contributed by atoms with van der Waals surface area (Å²) in [5.41, 5.74) is 1.75. The third-order valence-electron chi connectivity index (χ3n) is 3.93. The van der Waals surface area contributed by atoms with E-state index in [4.69, 9.17) is 0 Å². The minimum Gasteiger partial charge on any atom is -0.294 e. The molecule has 5 nitrogen and oxygen atoms in total. The number of hydrogen-bond acceptors (Lipinski definition) is 5. The van der Waals surface area contributed by atoms with Crippen LogP contribution in [-0.2, 0) is 16.1 Å². The second kappa shape index (κ2) is 5.06. The molecular formula is C16H13N3O2S. The molecule has 2 amide bonds. The first-order chi connectivity index (χ1) is 10.7. The molecule has 0 unspecified atom stereocenters. The predicted octanol–water partition coefficient (Wildman–Crippen LogP) is 1.61. The number of hydrogen-bond donors (Lipinski definition) is 1. The molecule has 6 heteroatoms. The number of carbonyl (C=O) groups is 2. The molecule has 3 heterocycles. The van der Waals surface area contributed by atoms with Crippen LogP contribution in [0.3, 0.4) is 0 Å². The highest BCUT2D eigenvalue weighted by Gasteiger charge is 2.52. The quantitative estimate of drug-likeness (QED) is 0.876. The van der Waals surface area contributed by atoms with Crippen LogP contribution in [0.25, 0.3) is 0 Å². The maximum Gasteiger partial charge on any atom is 0.252 e. The van der Waals surface area contributed by atoms with Crippen LogP contribution in [0.5, 0.6) is 0 Å². The van der Waals surface area contributed by atoms with Crippen molar-refractivity contribution in [2.24, 2.45) is 11.0 Å². The lowest BCUT2D eigenvalue weighted by molar-refractivity contribution is -0.126. The summed E-state index contributed by atoms with van der Waals surface area (Å²) < 4.78 is 0. The van der Waals surface area contributed by atoms with Gasteiger partial charge in [0.15, 0.2) is 0 Å². The van der Waals surface area contributed by atoms with Gasteiger partial charge in [-0.1, -0.05) is 36.4 Å². The van der Waals surface area contributed by atoms with Crippen molar-refractivity contribution in [3.63, 3.8) is 0 Å². The SMILES string of the molecule is O=C1NC(=O)[C@H]2[C@H]1C(c1cccs1)=NN2Cc1ccccc1. The van der Waals surface area contributed by atoms with E-state index in [0.717, 1.165) is 10.4 Å². The molecule has 0 bridgehead atoms. The van der Waals surface area contributed by atoms with Gasteiger partial charge in [-0.3, -0.25) is 19.9 Å². The lowest BCUT2D eigenvalue weighted by Gasteiger charge is -2.20. The van der Waals surface area contributed by atoms with E-state index in [0.29, 0.717) is 12.3 Å². The Balaban J connectivity index is 1.71. The van der Waals surface area contributed by atoms with E-state index in [9.17, 15) is 9.59 Å². The highest BCUT2D eigenvalue weighted by molar-refractivity contribution is 7.12. The average Bonchev–Trinajstić information content (AvgIpc) is 3.20. The van der Waals surface area contributed by atoms with Crippen molar-refractivity contribution in [2.75, 3.05) is 0 Å². The summed E-state index contributed by atoms with van der Waals surface area (Å²) in [6, 6.07) is 13.1. The number of benzene rings is 1. The number of nitrogens with one attached hydrogen (secondary N) is 1. The molecule has 0 spiro atoms. The third-order valence-corrected chi connectivity index (χ3v) is 4.82. The minimum atomic E-state index is -0.537. The second-order valence-electron chi connectivity index (χ2n) is 5.32. The standard InChI is InChI=1S/C16H13N3O2S/c20-15-12-13(11-7-4-8-22-11)18-19(14(12)16(21)17-15)9-10-5-2-1-3-6-10/h1-8,12,14H,9H2,(H,17,20,21)/t12-,14-/m1/s1. The maximum absolute atomic E-state index is 12.1. The van der Waals surface area contributed by atoms with Gasteiger partial charge in [-0.25, -0.2) is 0 Å². The summed E-state index contributed by atoms with van der Waals surface area (Å²) in [7, 11) is 0. The molecule has 1 N–H and O–H groups in total. The first-order valence-electron chi connectivity index (χ1n) is 7.02. The molecule has 1 aromatic heterocycles. The molecular weight excluding hydrogens is 298 g/mol.